The number of aromatic amines is 1. The van der Waals surface area contributed by atoms with Crippen LogP contribution in [0.5, 0.6) is 5.75 Å². The van der Waals surface area contributed by atoms with Crippen LogP contribution in [0, 0.1) is 0 Å². The monoisotopic (exact) mass is 335 g/mol. The van der Waals surface area contributed by atoms with E-state index in [0.29, 0.717) is 17.8 Å². The molecule has 0 amide bonds. The Bertz CT molecular complexity index is 1110. The Morgan fingerprint density at radius 2 is 2.12 bits per heavy atom. The number of nitrogens with one attached hydrogen (secondary N) is 1. The number of ether oxygens (including phenoxy) is 1. The van der Waals surface area contributed by atoms with Crippen molar-refractivity contribution >= 4 is 5.65 Å². The van der Waals surface area contributed by atoms with Crippen LogP contribution in [0.3, 0.4) is 0 Å². The first-order valence-electron chi connectivity index (χ1n) is 7.98. The van der Waals surface area contributed by atoms with Gasteiger partial charge in [-0.3, -0.25) is 14.6 Å². The lowest BCUT2D eigenvalue weighted by Crippen LogP contribution is -2.18. The molecule has 0 saturated heterocycles. The second-order valence-corrected chi connectivity index (χ2v) is 5.59. The molecule has 25 heavy (non-hydrogen) atoms. The van der Waals surface area contributed by atoms with Crippen LogP contribution in [0.15, 0.2) is 53.7 Å². The third-order valence-corrected chi connectivity index (χ3v) is 4.21. The van der Waals surface area contributed by atoms with Crippen molar-refractivity contribution in [3.05, 3.63) is 59.3 Å². The third-order valence-electron chi connectivity index (χ3n) is 4.21. The number of nitrogens with zero attached hydrogens (tertiary/aromatic N) is 4. The topological polar surface area (TPSA) is 77.2 Å². The van der Waals surface area contributed by atoms with Crippen molar-refractivity contribution in [1.29, 1.82) is 0 Å². The second kappa shape index (κ2) is 5.94. The summed E-state index contributed by atoms with van der Waals surface area (Å²) in [7, 11) is 1.63. The van der Waals surface area contributed by atoms with E-state index in [1.165, 1.54) is 4.52 Å². The number of hydrogen-bond acceptors (Lipinski definition) is 4. The average Bonchev–Trinajstić information content (AvgIpc) is 3.29. The zero-order valence-corrected chi connectivity index (χ0v) is 13.9. The van der Waals surface area contributed by atoms with Gasteiger partial charge in [0.25, 0.3) is 5.56 Å². The van der Waals surface area contributed by atoms with Gasteiger partial charge in [0.1, 0.15) is 5.75 Å². The first-order valence-corrected chi connectivity index (χ1v) is 7.98. The fraction of sp³-hybridized carbons (Fsp3) is 0.167. The fourth-order valence-corrected chi connectivity index (χ4v) is 2.95. The predicted octanol–water partition coefficient (Wildman–Crippen LogP) is 2.58. The summed E-state index contributed by atoms with van der Waals surface area (Å²) in [5, 5.41) is 7.22. The van der Waals surface area contributed by atoms with E-state index in [1.54, 1.807) is 30.4 Å². The molecule has 0 atom stereocenters. The van der Waals surface area contributed by atoms with Crippen LogP contribution in [0.2, 0.25) is 0 Å². The molecule has 0 aliphatic heterocycles. The minimum Gasteiger partial charge on any atom is -0.497 e. The Balaban J connectivity index is 1.89. The molecule has 0 radical (unpaired) electrons. The van der Waals surface area contributed by atoms with Crippen molar-refractivity contribution in [1.82, 2.24) is 24.4 Å². The quantitative estimate of drug-likeness (QED) is 0.622. The number of aromatic nitrogens is 5. The fourth-order valence-electron chi connectivity index (χ4n) is 2.95. The summed E-state index contributed by atoms with van der Waals surface area (Å²) in [5.74, 6) is 0.752. The summed E-state index contributed by atoms with van der Waals surface area (Å²) >= 11 is 0. The van der Waals surface area contributed by atoms with Crippen molar-refractivity contribution in [2.24, 2.45) is 0 Å². The van der Waals surface area contributed by atoms with Gasteiger partial charge in [-0.1, -0.05) is 12.1 Å². The van der Waals surface area contributed by atoms with E-state index in [2.05, 4.69) is 15.2 Å². The SMILES string of the molecule is CCn1nccc1-c1cnc2c(-c3cccc(OC)c3)c[nH]n2c1=O. The third kappa shape index (κ3) is 2.40. The highest BCUT2D eigenvalue weighted by Gasteiger charge is 2.15. The number of fused-ring (bicyclic) bond motifs is 1. The van der Waals surface area contributed by atoms with Gasteiger partial charge in [-0.15, -0.1) is 0 Å². The average molecular weight is 335 g/mol. The van der Waals surface area contributed by atoms with Crippen LogP contribution in [-0.4, -0.2) is 31.5 Å². The minimum absolute atomic E-state index is 0.158. The molecule has 4 rings (SSSR count). The highest BCUT2D eigenvalue weighted by molar-refractivity contribution is 5.78. The Morgan fingerprint density at radius 3 is 2.92 bits per heavy atom. The molecule has 126 valence electrons. The number of hydrogen-bond donors (Lipinski definition) is 1. The molecule has 0 aliphatic carbocycles. The Hall–Kier alpha value is -3.35. The van der Waals surface area contributed by atoms with Gasteiger partial charge in [0, 0.05) is 30.7 Å². The van der Waals surface area contributed by atoms with E-state index < -0.39 is 0 Å². The smallest absolute Gasteiger partial charge is 0.282 e. The zero-order valence-electron chi connectivity index (χ0n) is 13.9. The van der Waals surface area contributed by atoms with Gasteiger partial charge in [-0.05, 0) is 30.7 Å². The molecule has 7 heteroatoms. The van der Waals surface area contributed by atoms with E-state index in [-0.39, 0.29) is 5.56 Å². The maximum Gasteiger partial charge on any atom is 0.282 e. The number of aryl methyl sites for hydroxylation is 1. The van der Waals surface area contributed by atoms with Crippen molar-refractivity contribution in [3.8, 4) is 28.1 Å². The van der Waals surface area contributed by atoms with Crippen molar-refractivity contribution in [2.45, 2.75) is 13.5 Å². The summed E-state index contributed by atoms with van der Waals surface area (Å²) < 4.78 is 8.50. The molecule has 1 N–H and O–H groups in total. The zero-order chi connectivity index (χ0) is 17.4. The Morgan fingerprint density at radius 1 is 1.24 bits per heavy atom. The van der Waals surface area contributed by atoms with Gasteiger partial charge in [0.2, 0.25) is 0 Å². The van der Waals surface area contributed by atoms with Crippen LogP contribution < -0.4 is 10.3 Å². The highest BCUT2D eigenvalue weighted by atomic mass is 16.5. The molecule has 7 nitrogen and oxygen atoms in total. The maximum absolute atomic E-state index is 12.9. The van der Waals surface area contributed by atoms with Crippen LogP contribution >= 0.6 is 0 Å². The highest BCUT2D eigenvalue weighted by Crippen LogP contribution is 2.26. The van der Waals surface area contributed by atoms with Gasteiger partial charge in [-0.2, -0.15) is 5.10 Å². The summed E-state index contributed by atoms with van der Waals surface area (Å²) in [5.41, 5.74) is 3.45. The van der Waals surface area contributed by atoms with Gasteiger partial charge < -0.3 is 4.74 Å². The first kappa shape index (κ1) is 15.2. The second-order valence-electron chi connectivity index (χ2n) is 5.59. The number of benzene rings is 1. The molecular weight excluding hydrogens is 318 g/mol. The molecule has 0 spiro atoms. The van der Waals surface area contributed by atoms with Crippen LogP contribution in [0.1, 0.15) is 6.92 Å². The van der Waals surface area contributed by atoms with Crippen LogP contribution in [-0.2, 0) is 6.54 Å². The Labute approximate surface area is 143 Å². The van der Waals surface area contributed by atoms with Crippen LogP contribution in [0.25, 0.3) is 28.0 Å². The summed E-state index contributed by atoms with van der Waals surface area (Å²) in [6.07, 6.45) is 5.07. The van der Waals surface area contributed by atoms with E-state index >= 15 is 0 Å². The van der Waals surface area contributed by atoms with E-state index in [9.17, 15) is 4.79 Å². The van der Waals surface area contributed by atoms with E-state index in [4.69, 9.17) is 4.74 Å². The lowest BCUT2D eigenvalue weighted by Gasteiger charge is -2.05. The summed E-state index contributed by atoms with van der Waals surface area (Å²) in [4.78, 5) is 17.4. The molecule has 1 aromatic carbocycles. The van der Waals surface area contributed by atoms with Crippen molar-refractivity contribution in [2.75, 3.05) is 7.11 Å². The van der Waals surface area contributed by atoms with Gasteiger partial charge in [-0.25, -0.2) is 9.50 Å². The van der Waals surface area contributed by atoms with Gasteiger partial charge in [0.05, 0.1) is 18.4 Å². The lowest BCUT2D eigenvalue weighted by atomic mass is 10.1. The minimum atomic E-state index is -0.158. The molecule has 3 aromatic heterocycles. The maximum atomic E-state index is 12.9. The number of rotatable bonds is 4. The molecule has 0 aliphatic rings. The standard InChI is InChI=1S/C18H17N5O2/c1-3-22-16(7-8-20-22)15-10-19-17-14(11-21-23(17)18(15)24)12-5-4-6-13(9-12)25-2/h4-11,21H,3H2,1-2H3. The molecule has 0 bridgehead atoms. The molecular formula is C18H17N5O2. The molecule has 0 saturated carbocycles. The molecule has 0 unspecified atom stereocenters. The largest absolute Gasteiger partial charge is 0.497 e. The molecule has 4 aromatic rings. The lowest BCUT2D eigenvalue weighted by molar-refractivity contribution is 0.415. The summed E-state index contributed by atoms with van der Waals surface area (Å²) in [6.45, 7) is 2.67. The van der Waals surface area contributed by atoms with Crippen molar-refractivity contribution < 1.29 is 4.74 Å². The van der Waals surface area contributed by atoms with Gasteiger partial charge in [0.15, 0.2) is 5.65 Å². The van der Waals surface area contributed by atoms with Gasteiger partial charge >= 0.3 is 0 Å². The number of H-pyrrole nitrogens is 1. The Kier molecular flexibility index (Phi) is 3.61. The predicted molar refractivity (Wildman–Crippen MR) is 94.7 cm³/mol. The first-order chi connectivity index (χ1) is 12.2. The van der Waals surface area contributed by atoms with E-state index in [1.807, 2.05) is 37.3 Å². The number of methoxy groups -OCH3 is 1. The summed E-state index contributed by atoms with van der Waals surface area (Å²) in [6, 6.07) is 9.47. The molecule has 3 heterocycles. The van der Waals surface area contributed by atoms with Crippen molar-refractivity contribution in [3.63, 3.8) is 0 Å². The van der Waals surface area contributed by atoms with Crippen LogP contribution in [0.4, 0.5) is 0 Å². The van der Waals surface area contributed by atoms with E-state index in [0.717, 1.165) is 22.6 Å². The normalized spacial score (nSPS) is 11.1. The molecule has 0 fully saturated rings.